The summed E-state index contributed by atoms with van der Waals surface area (Å²) >= 11 is 1.35. The number of hydrogen-bond acceptors (Lipinski definition) is 5. The molecular weight excluding hydrogens is 390 g/mol. The molecule has 0 aliphatic heterocycles. The van der Waals surface area contributed by atoms with Crippen LogP contribution in [0.4, 0.5) is 11.4 Å². The zero-order valence-electron chi connectivity index (χ0n) is 15.5. The fourth-order valence-corrected chi connectivity index (χ4v) is 3.38. The molecule has 29 heavy (non-hydrogen) atoms. The number of furan rings is 1. The maximum Gasteiger partial charge on any atom is 0.291 e. The fraction of sp³-hybridized carbons (Fsp3) is 0.0952. The van der Waals surface area contributed by atoms with Crippen LogP contribution in [0.2, 0.25) is 0 Å². The molecule has 0 saturated heterocycles. The summed E-state index contributed by atoms with van der Waals surface area (Å²) < 4.78 is 5.05. The fourth-order valence-electron chi connectivity index (χ4n) is 2.52. The molecule has 0 saturated carbocycles. The SMILES string of the molecule is CC(Sc1ccc(NC(=O)c2ccco2)cc1)C(=O)Nc1ccccc1C(N)=O. The number of para-hydroxylation sites is 1. The molecule has 0 aliphatic rings. The number of thioether (sulfide) groups is 1. The number of primary amides is 1. The Hall–Kier alpha value is -3.52. The molecule has 3 aromatic rings. The van der Waals surface area contributed by atoms with Crippen LogP contribution in [0.25, 0.3) is 0 Å². The minimum atomic E-state index is -0.603. The van der Waals surface area contributed by atoms with Crippen LogP contribution in [-0.4, -0.2) is 23.0 Å². The number of nitrogens with two attached hydrogens (primary N) is 1. The van der Waals surface area contributed by atoms with Crippen LogP contribution < -0.4 is 16.4 Å². The van der Waals surface area contributed by atoms with Gasteiger partial charge in [-0.2, -0.15) is 0 Å². The molecule has 4 N–H and O–H groups in total. The van der Waals surface area contributed by atoms with Crippen LogP contribution in [0.15, 0.2) is 76.2 Å². The van der Waals surface area contributed by atoms with E-state index in [1.807, 2.05) is 12.1 Å². The Kier molecular flexibility index (Phi) is 6.36. The molecule has 7 nitrogen and oxygen atoms in total. The van der Waals surface area contributed by atoms with E-state index in [2.05, 4.69) is 10.6 Å². The number of benzene rings is 2. The Balaban J connectivity index is 1.59. The molecule has 1 aromatic heterocycles. The number of nitrogens with one attached hydrogen (secondary N) is 2. The minimum absolute atomic E-state index is 0.227. The zero-order valence-corrected chi connectivity index (χ0v) is 16.4. The largest absolute Gasteiger partial charge is 0.459 e. The highest BCUT2D eigenvalue weighted by atomic mass is 32.2. The molecule has 2 aromatic carbocycles. The second-order valence-electron chi connectivity index (χ2n) is 6.11. The van der Waals surface area contributed by atoms with Gasteiger partial charge in [0.15, 0.2) is 5.76 Å². The summed E-state index contributed by atoms with van der Waals surface area (Å²) in [6.45, 7) is 1.76. The lowest BCUT2D eigenvalue weighted by atomic mass is 10.1. The normalized spacial score (nSPS) is 11.5. The van der Waals surface area contributed by atoms with Crippen molar-refractivity contribution >= 4 is 40.9 Å². The lowest BCUT2D eigenvalue weighted by molar-refractivity contribution is -0.115. The second-order valence-corrected chi connectivity index (χ2v) is 7.53. The molecule has 1 atom stereocenters. The quantitative estimate of drug-likeness (QED) is 0.514. The maximum atomic E-state index is 12.5. The van der Waals surface area contributed by atoms with Gasteiger partial charge in [-0.15, -0.1) is 11.8 Å². The third-order valence-electron chi connectivity index (χ3n) is 3.99. The van der Waals surface area contributed by atoms with Gasteiger partial charge in [0.05, 0.1) is 22.8 Å². The third kappa shape index (κ3) is 5.26. The highest BCUT2D eigenvalue weighted by molar-refractivity contribution is 8.00. The van der Waals surface area contributed by atoms with Crippen LogP contribution in [0.1, 0.15) is 27.8 Å². The van der Waals surface area contributed by atoms with E-state index in [4.69, 9.17) is 10.2 Å². The maximum absolute atomic E-state index is 12.5. The highest BCUT2D eigenvalue weighted by Crippen LogP contribution is 2.26. The van der Waals surface area contributed by atoms with Gasteiger partial charge in [0.1, 0.15) is 0 Å². The standard InChI is InChI=1S/C21H19N3O4S/c1-13(20(26)24-17-6-3-2-5-16(17)19(22)25)29-15-10-8-14(9-11-15)23-21(27)18-7-4-12-28-18/h2-13H,1H3,(H2,22,25)(H,23,27)(H,24,26). The molecule has 0 fully saturated rings. The number of anilines is 2. The number of rotatable bonds is 7. The lowest BCUT2D eigenvalue weighted by Crippen LogP contribution is -2.24. The van der Waals surface area contributed by atoms with Gasteiger partial charge in [0.25, 0.3) is 11.8 Å². The van der Waals surface area contributed by atoms with Crippen molar-refractivity contribution in [2.24, 2.45) is 5.73 Å². The van der Waals surface area contributed by atoms with Crippen molar-refractivity contribution in [1.82, 2.24) is 0 Å². The van der Waals surface area contributed by atoms with E-state index in [9.17, 15) is 14.4 Å². The van der Waals surface area contributed by atoms with Crippen LogP contribution in [0, 0.1) is 0 Å². The molecule has 3 amide bonds. The molecule has 0 bridgehead atoms. The summed E-state index contributed by atoms with van der Waals surface area (Å²) in [6.07, 6.45) is 1.43. The van der Waals surface area contributed by atoms with Gasteiger partial charge in [-0.3, -0.25) is 14.4 Å². The van der Waals surface area contributed by atoms with E-state index in [-0.39, 0.29) is 23.1 Å². The predicted molar refractivity (Wildman–Crippen MR) is 112 cm³/mol. The first-order valence-corrected chi connectivity index (χ1v) is 9.63. The Bertz CT molecular complexity index is 1020. The van der Waals surface area contributed by atoms with E-state index >= 15 is 0 Å². The minimum Gasteiger partial charge on any atom is -0.459 e. The van der Waals surface area contributed by atoms with E-state index in [0.29, 0.717) is 11.4 Å². The van der Waals surface area contributed by atoms with Crippen molar-refractivity contribution in [2.75, 3.05) is 10.6 Å². The van der Waals surface area contributed by atoms with Crippen LogP contribution in [-0.2, 0) is 4.79 Å². The van der Waals surface area contributed by atoms with E-state index < -0.39 is 11.2 Å². The smallest absolute Gasteiger partial charge is 0.291 e. The molecular formula is C21H19N3O4S. The number of hydrogen-bond donors (Lipinski definition) is 3. The molecule has 148 valence electrons. The van der Waals surface area contributed by atoms with Gasteiger partial charge >= 0.3 is 0 Å². The lowest BCUT2D eigenvalue weighted by Gasteiger charge is -2.14. The summed E-state index contributed by atoms with van der Waals surface area (Å²) in [5, 5.41) is 5.05. The summed E-state index contributed by atoms with van der Waals surface area (Å²) in [5.41, 5.74) is 6.59. The van der Waals surface area contributed by atoms with Gasteiger partial charge in [-0.05, 0) is 55.5 Å². The Morgan fingerprint density at radius 3 is 2.34 bits per heavy atom. The van der Waals surface area contributed by atoms with Crippen LogP contribution >= 0.6 is 11.8 Å². The molecule has 1 unspecified atom stereocenters. The average Bonchev–Trinajstić information content (AvgIpc) is 3.24. The van der Waals surface area contributed by atoms with E-state index in [1.165, 1.54) is 18.0 Å². The van der Waals surface area contributed by atoms with Crippen molar-refractivity contribution in [2.45, 2.75) is 17.1 Å². The number of carbonyl (C=O) groups is 3. The zero-order chi connectivity index (χ0) is 20.8. The topological polar surface area (TPSA) is 114 Å². The Morgan fingerprint density at radius 1 is 0.966 bits per heavy atom. The second kappa shape index (κ2) is 9.11. The molecule has 0 radical (unpaired) electrons. The Labute approximate surface area is 171 Å². The summed E-state index contributed by atoms with van der Waals surface area (Å²) in [7, 11) is 0. The van der Waals surface area contributed by atoms with Crippen molar-refractivity contribution in [3.63, 3.8) is 0 Å². The van der Waals surface area contributed by atoms with Crippen molar-refractivity contribution in [1.29, 1.82) is 0 Å². The van der Waals surface area contributed by atoms with Gasteiger partial charge in [0.2, 0.25) is 5.91 Å². The van der Waals surface area contributed by atoms with Crippen molar-refractivity contribution in [3.8, 4) is 0 Å². The van der Waals surface area contributed by atoms with Gasteiger partial charge in [0, 0.05) is 10.6 Å². The van der Waals surface area contributed by atoms with Crippen LogP contribution in [0.3, 0.4) is 0 Å². The van der Waals surface area contributed by atoms with E-state index in [0.717, 1.165) is 4.90 Å². The van der Waals surface area contributed by atoms with E-state index in [1.54, 1.807) is 55.5 Å². The molecule has 0 aliphatic carbocycles. The first-order valence-electron chi connectivity index (χ1n) is 8.75. The van der Waals surface area contributed by atoms with Crippen molar-refractivity contribution < 1.29 is 18.8 Å². The molecule has 0 spiro atoms. The monoisotopic (exact) mass is 409 g/mol. The molecule has 3 rings (SSSR count). The highest BCUT2D eigenvalue weighted by Gasteiger charge is 2.17. The van der Waals surface area contributed by atoms with Gasteiger partial charge in [-0.25, -0.2) is 0 Å². The molecule has 1 heterocycles. The Morgan fingerprint density at radius 2 is 1.69 bits per heavy atom. The summed E-state index contributed by atoms with van der Waals surface area (Å²) in [5.74, 6) is -0.964. The summed E-state index contributed by atoms with van der Waals surface area (Å²) in [4.78, 5) is 36.8. The van der Waals surface area contributed by atoms with Crippen molar-refractivity contribution in [3.05, 3.63) is 78.3 Å². The summed E-state index contributed by atoms with van der Waals surface area (Å²) in [6, 6.07) is 16.9. The molecule has 8 heteroatoms. The third-order valence-corrected chi connectivity index (χ3v) is 5.10. The van der Waals surface area contributed by atoms with Gasteiger partial charge in [-0.1, -0.05) is 12.1 Å². The van der Waals surface area contributed by atoms with Gasteiger partial charge < -0.3 is 20.8 Å². The average molecular weight is 409 g/mol. The number of amides is 3. The first kappa shape index (κ1) is 20.2. The number of carbonyl (C=O) groups excluding carboxylic acids is 3. The predicted octanol–water partition coefficient (Wildman–Crippen LogP) is 3.75. The van der Waals surface area contributed by atoms with Crippen LogP contribution in [0.5, 0.6) is 0 Å². The first-order chi connectivity index (χ1) is 13.9.